The number of halogens is 1. The Labute approximate surface area is 135 Å². The Bertz CT molecular complexity index is 611. The Kier molecular flexibility index (Phi) is 6.72. The molecule has 0 aliphatic rings. The van der Waals surface area contributed by atoms with Crippen LogP contribution in [0.1, 0.15) is 44.9 Å². The number of hydrogen-bond donors (Lipinski definition) is 1. The quantitative estimate of drug-likeness (QED) is 0.718. The number of aromatic nitrogens is 2. The predicted molar refractivity (Wildman–Crippen MR) is 85.2 cm³/mol. The molecule has 1 heterocycles. The highest BCUT2D eigenvalue weighted by Gasteiger charge is 2.09. The molecule has 1 aromatic heterocycles. The van der Waals surface area contributed by atoms with Gasteiger partial charge in [0.15, 0.2) is 0 Å². The first-order valence-electron chi connectivity index (χ1n) is 8.04. The van der Waals surface area contributed by atoms with Crippen molar-refractivity contribution in [1.29, 1.82) is 0 Å². The van der Waals surface area contributed by atoms with E-state index in [4.69, 9.17) is 4.52 Å². The van der Waals surface area contributed by atoms with Crippen molar-refractivity contribution >= 4 is 5.91 Å². The van der Waals surface area contributed by atoms with Crippen LogP contribution in [0.5, 0.6) is 0 Å². The van der Waals surface area contributed by atoms with Gasteiger partial charge in [-0.1, -0.05) is 24.9 Å². The van der Waals surface area contributed by atoms with Gasteiger partial charge in [-0.05, 0) is 37.1 Å². The lowest BCUT2D eigenvalue weighted by molar-refractivity contribution is -0.121. The van der Waals surface area contributed by atoms with Crippen LogP contribution in [0.4, 0.5) is 4.39 Å². The minimum atomic E-state index is -0.303. The fraction of sp³-hybridized carbons (Fsp3) is 0.471. The van der Waals surface area contributed by atoms with Crippen LogP contribution in [-0.4, -0.2) is 22.6 Å². The van der Waals surface area contributed by atoms with Crippen LogP contribution in [0.2, 0.25) is 0 Å². The largest absolute Gasteiger partial charge is 0.356 e. The van der Waals surface area contributed by atoms with Gasteiger partial charge in [-0.25, -0.2) is 4.39 Å². The van der Waals surface area contributed by atoms with Crippen LogP contribution in [0.3, 0.4) is 0 Å². The summed E-state index contributed by atoms with van der Waals surface area (Å²) in [5, 5.41) is 6.77. The number of hydrogen-bond acceptors (Lipinski definition) is 4. The molecule has 0 spiro atoms. The molecular weight excluding hydrogens is 297 g/mol. The van der Waals surface area contributed by atoms with Crippen molar-refractivity contribution in [1.82, 2.24) is 15.5 Å². The molecule has 0 radical (unpaired) electrons. The molecule has 2 aromatic rings. The molecule has 23 heavy (non-hydrogen) atoms. The van der Waals surface area contributed by atoms with Gasteiger partial charge in [0.05, 0.1) is 0 Å². The van der Waals surface area contributed by atoms with Gasteiger partial charge in [0.1, 0.15) is 5.82 Å². The number of nitrogens with zero attached hydrogens (tertiary/aromatic N) is 2. The number of unbranched alkanes of at least 4 members (excludes halogenated alkanes) is 2. The average Bonchev–Trinajstić information content (AvgIpc) is 3.01. The van der Waals surface area contributed by atoms with Crippen LogP contribution in [-0.2, 0) is 11.2 Å². The number of aryl methyl sites for hydroxylation is 1. The van der Waals surface area contributed by atoms with Gasteiger partial charge in [-0.2, -0.15) is 4.98 Å². The summed E-state index contributed by atoms with van der Waals surface area (Å²) >= 11 is 0. The van der Waals surface area contributed by atoms with Crippen molar-refractivity contribution in [3.8, 4) is 11.4 Å². The van der Waals surface area contributed by atoms with E-state index < -0.39 is 0 Å². The van der Waals surface area contributed by atoms with E-state index in [1.165, 1.54) is 12.1 Å². The van der Waals surface area contributed by atoms with Gasteiger partial charge in [0.2, 0.25) is 17.6 Å². The van der Waals surface area contributed by atoms with Gasteiger partial charge >= 0.3 is 0 Å². The van der Waals surface area contributed by atoms with E-state index in [-0.39, 0.29) is 11.7 Å². The van der Waals surface area contributed by atoms with E-state index >= 15 is 0 Å². The molecule has 0 bridgehead atoms. The molecule has 0 aliphatic heterocycles. The summed E-state index contributed by atoms with van der Waals surface area (Å²) in [6.45, 7) is 2.87. The normalized spacial score (nSPS) is 10.7. The molecule has 0 saturated carbocycles. The lowest BCUT2D eigenvalue weighted by Gasteiger charge is -2.03. The first kappa shape index (κ1) is 17.1. The van der Waals surface area contributed by atoms with Crippen molar-refractivity contribution in [2.45, 2.75) is 45.4 Å². The maximum Gasteiger partial charge on any atom is 0.226 e. The second-order valence-corrected chi connectivity index (χ2v) is 5.43. The fourth-order valence-electron chi connectivity index (χ4n) is 2.16. The van der Waals surface area contributed by atoms with E-state index in [2.05, 4.69) is 22.4 Å². The molecule has 124 valence electrons. The first-order valence-corrected chi connectivity index (χ1v) is 8.04. The molecule has 5 nitrogen and oxygen atoms in total. The van der Waals surface area contributed by atoms with Crippen LogP contribution in [0.15, 0.2) is 28.8 Å². The molecule has 1 N–H and O–H groups in total. The van der Waals surface area contributed by atoms with Gasteiger partial charge in [0.25, 0.3) is 0 Å². The number of amides is 1. The fourth-order valence-corrected chi connectivity index (χ4v) is 2.16. The molecule has 6 heteroatoms. The third kappa shape index (κ3) is 5.81. The Morgan fingerprint density at radius 3 is 2.74 bits per heavy atom. The topological polar surface area (TPSA) is 68.0 Å². The number of carbonyl (C=O) groups is 1. The van der Waals surface area contributed by atoms with E-state index in [0.717, 1.165) is 25.8 Å². The minimum Gasteiger partial charge on any atom is -0.356 e. The third-order valence-corrected chi connectivity index (χ3v) is 3.47. The Balaban J connectivity index is 1.72. The summed E-state index contributed by atoms with van der Waals surface area (Å²) < 4.78 is 18.0. The summed E-state index contributed by atoms with van der Waals surface area (Å²) in [5.41, 5.74) is 0.704. The van der Waals surface area contributed by atoms with E-state index in [9.17, 15) is 9.18 Å². The van der Waals surface area contributed by atoms with Crippen LogP contribution in [0.25, 0.3) is 11.4 Å². The smallest absolute Gasteiger partial charge is 0.226 e. The highest BCUT2D eigenvalue weighted by atomic mass is 19.1. The van der Waals surface area contributed by atoms with E-state index in [0.29, 0.717) is 36.5 Å². The maximum absolute atomic E-state index is 12.9. The zero-order valence-electron chi connectivity index (χ0n) is 13.3. The van der Waals surface area contributed by atoms with Crippen molar-refractivity contribution < 1.29 is 13.7 Å². The van der Waals surface area contributed by atoms with Crippen molar-refractivity contribution in [2.24, 2.45) is 0 Å². The summed E-state index contributed by atoms with van der Waals surface area (Å²) in [4.78, 5) is 15.9. The molecule has 2 rings (SSSR count). The van der Waals surface area contributed by atoms with Gasteiger partial charge in [-0.15, -0.1) is 0 Å². The number of nitrogens with one attached hydrogen (secondary N) is 1. The zero-order valence-corrected chi connectivity index (χ0v) is 13.3. The molecule has 1 amide bonds. The Morgan fingerprint density at radius 1 is 1.22 bits per heavy atom. The number of benzene rings is 1. The number of rotatable bonds is 9. The van der Waals surface area contributed by atoms with Crippen molar-refractivity contribution in [2.75, 3.05) is 6.54 Å². The van der Waals surface area contributed by atoms with Crippen molar-refractivity contribution in [3.63, 3.8) is 0 Å². The molecule has 0 fully saturated rings. The lowest BCUT2D eigenvalue weighted by atomic mass is 10.2. The summed E-state index contributed by atoms with van der Waals surface area (Å²) in [6, 6.07) is 5.92. The maximum atomic E-state index is 12.9. The molecule has 0 aliphatic carbocycles. The van der Waals surface area contributed by atoms with E-state index in [1.807, 2.05) is 0 Å². The second-order valence-electron chi connectivity index (χ2n) is 5.43. The van der Waals surface area contributed by atoms with Gasteiger partial charge < -0.3 is 9.84 Å². The first-order chi connectivity index (χ1) is 11.2. The predicted octanol–water partition coefficient (Wildman–Crippen LogP) is 3.50. The highest BCUT2D eigenvalue weighted by Crippen LogP contribution is 2.16. The SMILES string of the molecule is CCCCCNC(=O)CCCc1nc(-c2ccc(F)cc2)no1. The monoisotopic (exact) mass is 319 g/mol. The molecule has 0 unspecified atom stereocenters. The summed E-state index contributed by atoms with van der Waals surface area (Å²) in [5.74, 6) is 0.675. The second kappa shape index (κ2) is 9.02. The Hall–Kier alpha value is -2.24. The standard InChI is InChI=1S/C17H22FN3O2/c1-2-3-4-12-19-15(22)6-5-7-16-20-17(21-23-16)13-8-10-14(18)11-9-13/h8-11H,2-7,12H2,1H3,(H,19,22). The van der Waals surface area contributed by atoms with Crippen LogP contribution in [0, 0.1) is 5.82 Å². The highest BCUT2D eigenvalue weighted by molar-refractivity contribution is 5.75. The molecule has 1 aromatic carbocycles. The van der Waals surface area contributed by atoms with Crippen LogP contribution < -0.4 is 5.32 Å². The number of carbonyl (C=O) groups excluding carboxylic acids is 1. The Morgan fingerprint density at radius 2 is 2.00 bits per heavy atom. The van der Waals surface area contributed by atoms with Crippen molar-refractivity contribution in [3.05, 3.63) is 36.0 Å². The van der Waals surface area contributed by atoms with Gasteiger partial charge in [-0.3, -0.25) is 4.79 Å². The summed E-state index contributed by atoms with van der Waals surface area (Å²) in [6.07, 6.45) is 4.95. The minimum absolute atomic E-state index is 0.0550. The summed E-state index contributed by atoms with van der Waals surface area (Å²) in [7, 11) is 0. The van der Waals surface area contributed by atoms with Crippen LogP contribution >= 0.6 is 0 Å². The third-order valence-electron chi connectivity index (χ3n) is 3.47. The van der Waals surface area contributed by atoms with E-state index in [1.54, 1.807) is 12.1 Å². The van der Waals surface area contributed by atoms with Gasteiger partial charge in [0, 0.05) is 24.9 Å². The molecule has 0 atom stereocenters. The molecular formula is C17H22FN3O2. The molecule has 0 saturated heterocycles. The zero-order chi connectivity index (χ0) is 16.5. The average molecular weight is 319 g/mol. The lowest BCUT2D eigenvalue weighted by Crippen LogP contribution is -2.24.